The van der Waals surface area contributed by atoms with Gasteiger partial charge in [-0.25, -0.2) is 0 Å². The van der Waals surface area contributed by atoms with Crippen molar-refractivity contribution >= 4 is 29.1 Å². The standard InChI is InChI=1S/C18H18N2O6S/c1-11(12-4-5-13-14(7-12)26-10-25-13)20-16(21)9-24-17(22)8-19-18(23)15-3-2-6-27-15/h2-7,11H,8-10H2,1H3,(H,19,23)(H,20,21)/t11-/m0/s1. The van der Waals surface area contributed by atoms with Crippen LogP contribution in [0.1, 0.15) is 28.2 Å². The summed E-state index contributed by atoms with van der Waals surface area (Å²) in [5.74, 6) is -0.205. The first kappa shape index (κ1) is 18.7. The number of nitrogens with one attached hydrogen (secondary N) is 2. The summed E-state index contributed by atoms with van der Waals surface area (Å²) < 4.78 is 15.4. The summed E-state index contributed by atoms with van der Waals surface area (Å²) in [6.07, 6.45) is 0. The van der Waals surface area contributed by atoms with Crippen LogP contribution in [0.25, 0.3) is 0 Å². The molecule has 0 aliphatic carbocycles. The van der Waals surface area contributed by atoms with Crippen molar-refractivity contribution in [3.63, 3.8) is 0 Å². The number of fused-ring (bicyclic) bond motifs is 1. The molecule has 2 amide bonds. The molecule has 142 valence electrons. The molecular formula is C18H18N2O6S. The average molecular weight is 390 g/mol. The number of thiophene rings is 1. The minimum absolute atomic E-state index is 0.179. The summed E-state index contributed by atoms with van der Waals surface area (Å²) in [4.78, 5) is 35.8. The molecule has 0 fully saturated rings. The van der Waals surface area contributed by atoms with Crippen LogP contribution in [-0.2, 0) is 14.3 Å². The lowest BCUT2D eigenvalue weighted by molar-refractivity contribution is -0.147. The molecular weight excluding hydrogens is 372 g/mol. The van der Waals surface area contributed by atoms with Crippen LogP contribution in [0.4, 0.5) is 0 Å². The van der Waals surface area contributed by atoms with Gasteiger partial charge in [0.05, 0.1) is 10.9 Å². The first-order valence-corrected chi connectivity index (χ1v) is 9.07. The zero-order valence-electron chi connectivity index (χ0n) is 14.5. The fourth-order valence-corrected chi connectivity index (χ4v) is 3.03. The van der Waals surface area contributed by atoms with Gasteiger partial charge in [-0.3, -0.25) is 14.4 Å². The smallest absolute Gasteiger partial charge is 0.325 e. The molecule has 0 unspecified atom stereocenters. The Hall–Kier alpha value is -3.07. The maximum Gasteiger partial charge on any atom is 0.325 e. The van der Waals surface area contributed by atoms with Gasteiger partial charge >= 0.3 is 5.97 Å². The van der Waals surface area contributed by atoms with Gasteiger partial charge in [-0.15, -0.1) is 11.3 Å². The molecule has 0 radical (unpaired) electrons. The second-order valence-electron chi connectivity index (χ2n) is 5.72. The summed E-state index contributed by atoms with van der Waals surface area (Å²) in [5.41, 5.74) is 0.835. The number of esters is 1. The van der Waals surface area contributed by atoms with Gasteiger partial charge in [0, 0.05) is 0 Å². The largest absolute Gasteiger partial charge is 0.454 e. The van der Waals surface area contributed by atoms with E-state index >= 15 is 0 Å². The average Bonchev–Trinajstić information content (AvgIpc) is 3.35. The fraction of sp³-hybridized carbons (Fsp3) is 0.278. The van der Waals surface area contributed by atoms with E-state index in [2.05, 4.69) is 10.6 Å². The third-order valence-electron chi connectivity index (χ3n) is 3.78. The highest BCUT2D eigenvalue weighted by Crippen LogP contribution is 2.34. The molecule has 1 aromatic heterocycles. The topological polar surface area (TPSA) is 103 Å². The highest BCUT2D eigenvalue weighted by atomic mass is 32.1. The Kier molecular flexibility index (Phi) is 5.92. The van der Waals surface area contributed by atoms with E-state index in [4.69, 9.17) is 14.2 Å². The number of hydrogen-bond acceptors (Lipinski definition) is 7. The predicted molar refractivity (Wildman–Crippen MR) is 96.7 cm³/mol. The summed E-state index contributed by atoms with van der Waals surface area (Å²) in [6.45, 7) is 1.25. The zero-order chi connectivity index (χ0) is 19.2. The van der Waals surface area contributed by atoms with E-state index in [1.165, 1.54) is 11.3 Å². The van der Waals surface area contributed by atoms with E-state index in [-0.39, 0.29) is 25.3 Å². The molecule has 2 N–H and O–H groups in total. The molecule has 0 bridgehead atoms. The molecule has 1 aliphatic heterocycles. The van der Waals surface area contributed by atoms with Gasteiger partial charge in [0.1, 0.15) is 6.54 Å². The minimum Gasteiger partial charge on any atom is -0.454 e. The molecule has 1 atom stereocenters. The van der Waals surface area contributed by atoms with E-state index < -0.39 is 18.5 Å². The lowest BCUT2D eigenvalue weighted by Crippen LogP contribution is -2.34. The van der Waals surface area contributed by atoms with E-state index in [0.717, 1.165) is 5.56 Å². The fourth-order valence-electron chi connectivity index (χ4n) is 2.39. The van der Waals surface area contributed by atoms with E-state index in [1.807, 2.05) is 6.07 Å². The predicted octanol–water partition coefficient (Wildman–Crippen LogP) is 1.63. The van der Waals surface area contributed by atoms with Gasteiger partial charge in [0.25, 0.3) is 11.8 Å². The molecule has 2 aromatic rings. The molecule has 9 heteroatoms. The molecule has 0 saturated heterocycles. The van der Waals surface area contributed by atoms with Crippen molar-refractivity contribution in [1.29, 1.82) is 0 Å². The van der Waals surface area contributed by atoms with Gasteiger partial charge in [0.15, 0.2) is 18.1 Å². The van der Waals surface area contributed by atoms with Crippen molar-refractivity contribution in [2.45, 2.75) is 13.0 Å². The van der Waals surface area contributed by atoms with Crippen LogP contribution in [-0.4, -0.2) is 37.7 Å². The number of amides is 2. The molecule has 0 saturated carbocycles. The number of benzene rings is 1. The van der Waals surface area contributed by atoms with Crippen LogP contribution in [0.5, 0.6) is 11.5 Å². The zero-order valence-corrected chi connectivity index (χ0v) is 15.3. The number of carbonyl (C=O) groups excluding carboxylic acids is 3. The van der Waals surface area contributed by atoms with Crippen LogP contribution >= 0.6 is 11.3 Å². The van der Waals surface area contributed by atoms with Crippen molar-refractivity contribution in [3.05, 3.63) is 46.2 Å². The van der Waals surface area contributed by atoms with Gasteiger partial charge in [0.2, 0.25) is 6.79 Å². The Morgan fingerprint density at radius 1 is 1.22 bits per heavy atom. The third kappa shape index (κ3) is 4.98. The first-order chi connectivity index (χ1) is 13.0. The van der Waals surface area contributed by atoms with E-state index in [9.17, 15) is 14.4 Å². The second-order valence-corrected chi connectivity index (χ2v) is 6.67. The molecule has 1 aromatic carbocycles. The van der Waals surface area contributed by atoms with Gasteiger partial charge < -0.3 is 24.8 Å². The monoisotopic (exact) mass is 390 g/mol. The van der Waals surface area contributed by atoms with E-state index in [0.29, 0.717) is 16.4 Å². The molecule has 2 heterocycles. The second kappa shape index (κ2) is 8.54. The summed E-state index contributed by atoms with van der Waals surface area (Å²) in [6, 6.07) is 8.48. The van der Waals surface area contributed by atoms with Gasteiger partial charge in [-0.1, -0.05) is 12.1 Å². The number of ether oxygens (including phenoxy) is 3. The van der Waals surface area contributed by atoms with Crippen LogP contribution in [0.2, 0.25) is 0 Å². The number of rotatable bonds is 7. The van der Waals surface area contributed by atoms with Crippen LogP contribution in [0.3, 0.4) is 0 Å². The van der Waals surface area contributed by atoms with Gasteiger partial charge in [-0.05, 0) is 36.1 Å². The first-order valence-electron chi connectivity index (χ1n) is 8.19. The Bertz CT molecular complexity index is 836. The number of carbonyl (C=O) groups is 3. The summed E-state index contributed by atoms with van der Waals surface area (Å²) in [5, 5.41) is 6.93. The van der Waals surface area contributed by atoms with Crippen molar-refractivity contribution in [1.82, 2.24) is 10.6 Å². The maximum atomic E-state index is 12.0. The quantitative estimate of drug-likeness (QED) is 0.697. The van der Waals surface area contributed by atoms with Crippen LogP contribution < -0.4 is 20.1 Å². The molecule has 0 spiro atoms. The minimum atomic E-state index is -0.689. The third-order valence-corrected chi connectivity index (χ3v) is 4.65. The highest BCUT2D eigenvalue weighted by molar-refractivity contribution is 7.12. The van der Waals surface area contributed by atoms with Crippen LogP contribution in [0, 0.1) is 0 Å². The molecule has 8 nitrogen and oxygen atoms in total. The highest BCUT2D eigenvalue weighted by Gasteiger charge is 2.17. The SMILES string of the molecule is C[C@H](NC(=O)COC(=O)CNC(=O)c1cccs1)c1ccc2c(c1)OCO2. The summed E-state index contributed by atoms with van der Waals surface area (Å²) in [7, 11) is 0. The number of hydrogen-bond donors (Lipinski definition) is 2. The lowest BCUT2D eigenvalue weighted by Gasteiger charge is -2.15. The normalized spacial score (nSPS) is 12.9. The lowest BCUT2D eigenvalue weighted by atomic mass is 10.1. The van der Waals surface area contributed by atoms with Crippen LogP contribution in [0.15, 0.2) is 35.7 Å². The van der Waals surface area contributed by atoms with Crippen molar-refractivity contribution in [2.75, 3.05) is 19.9 Å². The maximum absolute atomic E-state index is 12.0. The Labute approximate surface area is 159 Å². The molecule has 3 rings (SSSR count). The Morgan fingerprint density at radius 2 is 2.04 bits per heavy atom. The molecule has 1 aliphatic rings. The van der Waals surface area contributed by atoms with Crippen molar-refractivity contribution < 1.29 is 28.6 Å². The Morgan fingerprint density at radius 3 is 2.81 bits per heavy atom. The van der Waals surface area contributed by atoms with Crippen molar-refractivity contribution in [3.8, 4) is 11.5 Å². The molecule has 27 heavy (non-hydrogen) atoms. The van der Waals surface area contributed by atoms with Crippen molar-refractivity contribution in [2.24, 2.45) is 0 Å². The van der Waals surface area contributed by atoms with Gasteiger partial charge in [-0.2, -0.15) is 0 Å². The Balaban J connectivity index is 1.40. The summed E-state index contributed by atoms with van der Waals surface area (Å²) >= 11 is 1.27. The van der Waals surface area contributed by atoms with E-state index in [1.54, 1.807) is 36.6 Å².